The van der Waals surface area contributed by atoms with Crippen LogP contribution in [0.1, 0.15) is 24.0 Å². The lowest BCUT2D eigenvalue weighted by Gasteiger charge is -2.08. The Kier molecular flexibility index (Phi) is 5.03. The largest absolute Gasteiger partial charge is 0.240 e. The first-order valence-electron chi connectivity index (χ1n) is 6.84. The Bertz CT molecular complexity index is 712. The van der Waals surface area contributed by atoms with Crippen LogP contribution >= 0.6 is 0 Å². The Morgan fingerprint density at radius 1 is 1.00 bits per heavy atom. The second kappa shape index (κ2) is 6.43. The van der Waals surface area contributed by atoms with Gasteiger partial charge in [-0.05, 0) is 48.9 Å². The van der Waals surface area contributed by atoms with Crippen molar-refractivity contribution in [2.45, 2.75) is 30.6 Å². The number of nitrogens with one attached hydrogen (secondary N) is 2. The van der Waals surface area contributed by atoms with Crippen LogP contribution in [0, 0.1) is 0 Å². The van der Waals surface area contributed by atoms with E-state index in [2.05, 4.69) is 9.44 Å². The number of sulfonamides is 2. The molecule has 1 aliphatic rings. The van der Waals surface area contributed by atoms with E-state index in [1.165, 1.54) is 5.56 Å². The molecule has 0 unspecified atom stereocenters. The standard InChI is InChI=1S/C13H20N2O4S2/c1-20(16,17)14-8-3-9-15-21(18,19)13-7-6-11-4-2-5-12(11)10-13/h6-7,10,14-15H,2-5,8-9H2,1H3. The highest BCUT2D eigenvalue weighted by molar-refractivity contribution is 7.89. The fourth-order valence-corrected chi connectivity index (χ4v) is 3.99. The number of benzene rings is 1. The molecule has 2 rings (SSSR count). The van der Waals surface area contributed by atoms with Crippen LogP contribution < -0.4 is 9.44 Å². The molecule has 0 saturated heterocycles. The zero-order valence-corrected chi connectivity index (χ0v) is 13.6. The van der Waals surface area contributed by atoms with Crippen LogP contribution in [0.25, 0.3) is 0 Å². The first-order valence-corrected chi connectivity index (χ1v) is 10.2. The minimum atomic E-state index is -3.53. The summed E-state index contributed by atoms with van der Waals surface area (Å²) >= 11 is 0. The molecule has 0 amide bonds. The monoisotopic (exact) mass is 332 g/mol. The van der Waals surface area contributed by atoms with Gasteiger partial charge in [0.25, 0.3) is 0 Å². The number of rotatable bonds is 7. The van der Waals surface area contributed by atoms with Gasteiger partial charge in [-0.3, -0.25) is 0 Å². The smallest absolute Gasteiger partial charge is 0.215 e. The van der Waals surface area contributed by atoms with E-state index in [0.29, 0.717) is 6.42 Å². The molecule has 0 fully saturated rings. The molecular formula is C13H20N2O4S2. The average molecular weight is 332 g/mol. The van der Waals surface area contributed by atoms with E-state index in [1.807, 2.05) is 6.07 Å². The molecule has 8 heteroatoms. The van der Waals surface area contributed by atoms with E-state index in [9.17, 15) is 16.8 Å². The summed E-state index contributed by atoms with van der Waals surface area (Å²) < 4.78 is 50.8. The normalized spacial score (nSPS) is 15.1. The maximum absolute atomic E-state index is 12.1. The first-order chi connectivity index (χ1) is 9.78. The Labute approximate surface area is 126 Å². The minimum Gasteiger partial charge on any atom is -0.215 e. The molecule has 1 aliphatic carbocycles. The van der Waals surface area contributed by atoms with Gasteiger partial charge in [0.2, 0.25) is 20.0 Å². The summed E-state index contributed by atoms with van der Waals surface area (Å²) in [6.45, 7) is 0.410. The maximum atomic E-state index is 12.1. The van der Waals surface area contributed by atoms with E-state index in [1.54, 1.807) is 12.1 Å². The predicted octanol–water partition coefficient (Wildman–Crippen LogP) is 0.393. The lowest BCUT2D eigenvalue weighted by atomic mass is 10.1. The van der Waals surface area contributed by atoms with E-state index in [4.69, 9.17) is 0 Å². The first kappa shape index (κ1) is 16.4. The summed E-state index contributed by atoms with van der Waals surface area (Å²) in [5.41, 5.74) is 2.34. The molecule has 1 aromatic rings. The summed E-state index contributed by atoms with van der Waals surface area (Å²) in [4.78, 5) is 0.277. The van der Waals surface area contributed by atoms with Crippen LogP contribution in [0.5, 0.6) is 0 Å². The number of fused-ring (bicyclic) bond motifs is 1. The Morgan fingerprint density at radius 2 is 1.67 bits per heavy atom. The van der Waals surface area contributed by atoms with Gasteiger partial charge in [0.1, 0.15) is 0 Å². The second-order valence-corrected chi connectivity index (χ2v) is 8.80. The topological polar surface area (TPSA) is 92.3 Å². The maximum Gasteiger partial charge on any atom is 0.240 e. The van der Waals surface area contributed by atoms with Gasteiger partial charge in [-0.15, -0.1) is 0 Å². The predicted molar refractivity (Wildman–Crippen MR) is 81.1 cm³/mol. The third kappa shape index (κ3) is 4.77. The Balaban J connectivity index is 1.90. The summed E-state index contributed by atoms with van der Waals surface area (Å²) in [7, 11) is -6.75. The van der Waals surface area contributed by atoms with Crippen molar-refractivity contribution < 1.29 is 16.8 Å². The summed E-state index contributed by atoms with van der Waals surface area (Å²) in [6.07, 6.45) is 4.49. The summed E-state index contributed by atoms with van der Waals surface area (Å²) in [5.74, 6) is 0. The van der Waals surface area contributed by atoms with Crippen LogP contribution in [0.3, 0.4) is 0 Å². The van der Waals surface area contributed by atoms with E-state index < -0.39 is 20.0 Å². The van der Waals surface area contributed by atoms with E-state index in [-0.39, 0.29) is 18.0 Å². The molecule has 1 aromatic carbocycles. The molecule has 21 heavy (non-hydrogen) atoms. The van der Waals surface area contributed by atoms with E-state index >= 15 is 0 Å². The Morgan fingerprint density at radius 3 is 2.38 bits per heavy atom. The molecule has 0 heterocycles. The summed E-state index contributed by atoms with van der Waals surface area (Å²) in [5, 5.41) is 0. The highest BCUT2D eigenvalue weighted by Crippen LogP contribution is 2.24. The van der Waals surface area contributed by atoms with Gasteiger partial charge in [0, 0.05) is 13.1 Å². The van der Waals surface area contributed by atoms with Gasteiger partial charge in [0.15, 0.2) is 0 Å². The van der Waals surface area contributed by atoms with Gasteiger partial charge < -0.3 is 0 Å². The molecule has 0 aromatic heterocycles. The van der Waals surface area contributed by atoms with Crippen molar-refractivity contribution in [3.63, 3.8) is 0 Å². The number of aryl methyl sites for hydroxylation is 2. The highest BCUT2D eigenvalue weighted by atomic mass is 32.2. The Hall–Kier alpha value is -0.960. The molecule has 0 radical (unpaired) electrons. The second-order valence-electron chi connectivity index (χ2n) is 5.20. The summed E-state index contributed by atoms with van der Waals surface area (Å²) in [6, 6.07) is 5.24. The number of hydrogen-bond acceptors (Lipinski definition) is 4. The lowest BCUT2D eigenvalue weighted by Crippen LogP contribution is -2.29. The van der Waals surface area contributed by atoms with Gasteiger partial charge in [0.05, 0.1) is 11.2 Å². The van der Waals surface area contributed by atoms with Crippen LogP contribution in [-0.4, -0.2) is 36.2 Å². The van der Waals surface area contributed by atoms with Crippen LogP contribution in [0.2, 0.25) is 0 Å². The fraction of sp³-hybridized carbons (Fsp3) is 0.538. The third-order valence-corrected chi connectivity index (χ3v) is 5.58. The van der Waals surface area contributed by atoms with Crippen molar-refractivity contribution in [1.82, 2.24) is 9.44 Å². The quantitative estimate of drug-likeness (QED) is 0.707. The van der Waals surface area contributed by atoms with Crippen LogP contribution in [0.4, 0.5) is 0 Å². The molecule has 0 aliphatic heterocycles. The molecule has 0 atom stereocenters. The SMILES string of the molecule is CS(=O)(=O)NCCCNS(=O)(=O)c1ccc2c(c1)CCC2. The molecule has 0 bridgehead atoms. The van der Waals surface area contributed by atoms with Gasteiger partial charge in [-0.1, -0.05) is 6.07 Å². The van der Waals surface area contributed by atoms with Crippen LogP contribution in [0.15, 0.2) is 23.1 Å². The van der Waals surface area contributed by atoms with E-state index in [0.717, 1.165) is 31.1 Å². The van der Waals surface area contributed by atoms with Crippen LogP contribution in [-0.2, 0) is 32.9 Å². The van der Waals surface area contributed by atoms with Crippen molar-refractivity contribution in [1.29, 1.82) is 0 Å². The fourth-order valence-electron chi connectivity index (χ4n) is 2.35. The molecule has 0 spiro atoms. The molecule has 6 nitrogen and oxygen atoms in total. The van der Waals surface area contributed by atoms with Crippen molar-refractivity contribution in [3.8, 4) is 0 Å². The molecule has 0 saturated carbocycles. The van der Waals surface area contributed by atoms with Crippen molar-refractivity contribution in [2.24, 2.45) is 0 Å². The average Bonchev–Trinajstić information content (AvgIpc) is 2.83. The van der Waals surface area contributed by atoms with Gasteiger partial charge in [-0.25, -0.2) is 26.3 Å². The molecular weight excluding hydrogens is 312 g/mol. The van der Waals surface area contributed by atoms with Gasteiger partial charge >= 0.3 is 0 Å². The van der Waals surface area contributed by atoms with Crippen molar-refractivity contribution in [2.75, 3.05) is 19.3 Å². The zero-order valence-electron chi connectivity index (χ0n) is 11.9. The molecule has 118 valence electrons. The zero-order chi connectivity index (χ0) is 15.5. The van der Waals surface area contributed by atoms with Crippen molar-refractivity contribution >= 4 is 20.0 Å². The third-order valence-electron chi connectivity index (χ3n) is 3.39. The number of hydrogen-bond donors (Lipinski definition) is 2. The minimum absolute atomic E-state index is 0.196. The van der Waals surface area contributed by atoms with Gasteiger partial charge in [-0.2, -0.15) is 0 Å². The molecule has 2 N–H and O–H groups in total. The highest BCUT2D eigenvalue weighted by Gasteiger charge is 2.17. The van der Waals surface area contributed by atoms with Crippen molar-refractivity contribution in [3.05, 3.63) is 29.3 Å². The lowest BCUT2D eigenvalue weighted by molar-refractivity contribution is 0.575.